The molecule has 0 spiro atoms. The Bertz CT molecular complexity index is 345. The molecule has 0 aromatic rings. The van der Waals surface area contributed by atoms with Crippen LogP contribution < -0.4 is 0 Å². The van der Waals surface area contributed by atoms with Crippen molar-refractivity contribution in [1.29, 1.82) is 0 Å². The van der Waals surface area contributed by atoms with Crippen molar-refractivity contribution < 1.29 is 14.3 Å². The van der Waals surface area contributed by atoms with Gasteiger partial charge in [-0.05, 0) is 12.8 Å². The maximum atomic E-state index is 12.2. The molecular formula is C13H22N2O3. The van der Waals surface area contributed by atoms with E-state index in [-0.39, 0.29) is 18.3 Å². The summed E-state index contributed by atoms with van der Waals surface area (Å²) >= 11 is 0. The molecule has 0 unspecified atom stereocenters. The zero-order chi connectivity index (χ0) is 13.2. The zero-order valence-corrected chi connectivity index (χ0v) is 11.4. The van der Waals surface area contributed by atoms with Gasteiger partial charge in [0, 0.05) is 12.6 Å². The van der Waals surface area contributed by atoms with E-state index < -0.39 is 5.54 Å². The van der Waals surface area contributed by atoms with Crippen molar-refractivity contribution in [2.75, 3.05) is 7.11 Å². The van der Waals surface area contributed by atoms with Crippen LogP contribution in [0.25, 0.3) is 0 Å². The first kappa shape index (κ1) is 13.3. The van der Waals surface area contributed by atoms with Gasteiger partial charge in [0.2, 0.25) is 0 Å². The number of rotatable bonds is 5. The minimum atomic E-state index is -0.718. The summed E-state index contributed by atoms with van der Waals surface area (Å²) in [5, 5.41) is 6.19. The Balaban J connectivity index is 2.29. The number of hydrogen-bond acceptors (Lipinski definition) is 5. The van der Waals surface area contributed by atoms with Gasteiger partial charge in [0.25, 0.3) is 0 Å². The lowest BCUT2D eigenvalue weighted by atomic mass is 9.87. The van der Waals surface area contributed by atoms with Gasteiger partial charge in [0.15, 0.2) is 5.54 Å². The van der Waals surface area contributed by atoms with Gasteiger partial charge in [-0.1, -0.05) is 26.7 Å². The van der Waals surface area contributed by atoms with Gasteiger partial charge in [-0.2, -0.15) is 5.10 Å². The van der Waals surface area contributed by atoms with Crippen LogP contribution in [0.1, 0.15) is 46.0 Å². The van der Waals surface area contributed by atoms with E-state index >= 15 is 0 Å². The second-order valence-corrected chi connectivity index (χ2v) is 4.92. The smallest absolute Gasteiger partial charge is 0.336 e. The quantitative estimate of drug-likeness (QED) is 0.703. The van der Waals surface area contributed by atoms with Crippen molar-refractivity contribution in [3.05, 3.63) is 0 Å². The average molecular weight is 254 g/mol. The highest BCUT2D eigenvalue weighted by atomic mass is 16.6. The maximum absolute atomic E-state index is 12.2. The summed E-state index contributed by atoms with van der Waals surface area (Å²) in [6.45, 7) is 4.21. The molecule has 0 radical (unpaired) electrons. The molecule has 0 amide bonds. The fourth-order valence-electron chi connectivity index (χ4n) is 2.93. The topological polar surface area (TPSA) is 51.1 Å². The minimum absolute atomic E-state index is 0.0931. The molecule has 2 rings (SSSR count). The molecule has 18 heavy (non-hydrogen) atoms. The second-order valence-electron chi connectivity index (χ2n) is 4.92. The summed E-state index contributed by atoms with van der Waals surface area (Å²) in [5.41, 5.74) is -0.718. The van der Waals surface area contributed by atoms with Crippen LogP contribution in [0, 0.1) is 0 Å². The van der Waals surface area contributed by atoms with Crippen LogP contribution >= 0.6 is 0 Å². The molecule has 0 bridgehead atoms. The fourth-order valence-corrected chi connectivity index (χ4v) is 2.93. The van der Waals surface area contributed by atoms with Crippen LogP contribution in [0.2, 0.25) is 0 Å². The fraction of sp³-hybridized carbons (Fsp3) is 0.846. The first-order chi connectivity index (χ1) is 8.70. The molecule has 102 valence electrons. The molecule has 2 aliphatic rings. The lowest BCUT2D eigenvalue weighted by Crippen LogP contribution is -2.54. The number of ether oxygens (including phenoxy) is 2. The molecular weight excluding hydrogens is 232 g/mol. The molecule has 0 aromatic carbocycles. The number of esters is 1. The molecule has 1 fully saturated rings. The Labute approximate surface area is 108 Å². The number of methoxy groups -OCH3 is 1. The highest BCUT2D eigenvalue weighted by molar-refractivity contribution is 5.87. The summed E-state index contributed by atoms with van der Waals surface area (Å²) in [4.78, 5) is 12.2. The molecule has 2 aliphatic heterocycles. The zero-order valence-electron chi connectivity index (χ0n) is 11.4. The molecule has 5 nitrogen and oxygen atoms in total. The Morgan fingerprint density at radius 1 is 1.50 bits per heavy atom. The van der Waals surface area contributed by atoms with Gasteiger partial charge in [-0.15, -0.1) is 0 Å². The molecule has 5 heteroatoms. The maximum Gasteiger partial charge on any atom is 0.336 e. The summed E-state index contributed by atoms with van der Waals surface area (Å²) in [6, 6.07) is 0. The molecule has 0 aliphatic carbocycles. The third-order valence-corrected chi connectivity index (χ3v) is 3.77. The highest BCUT2D eigenvalue weighted by Gasteiger charge is 2.61. The molecule has 0 saturated carbocycles. The van der Waals surface area contributed by atoms with Crippen molar-refractivity contribution in [3.8, 4) is 0 Å². The minimum Gasteiger partial charge on any atom is -0.467 e. The van der Waals surface area contributed by atoms with Gasteiger partial charge in [-0.3, -0.25) is 0 Å². The van der Waals surface area contributed by atoms with Gasteiger partial charge in [-0.25, -0.2) is 9.80 Å². The average Bonchev–Trinajstić information content (AvgIpc) is 2.91. The number of hydrazone groups is 1. The first-order valence-electron chi connectivity index (χ1n) is 6.76. The summed E-state index contributed by atoms with van der Waals surface area (Å²) in [6.07, 6.45) is 5.92. The number of fused-ring (bicyclic) bond motifs is 1. The number of nitrogens with zero attached hydrogens (tertiary/aromatic N) is 2. The van der Waals surface area contributed by atoms with Crippen LogP contribution in [-0.2, 0) is 14.3 Å². The third kappa shape index (κ3) is 1.81. The van der Waals surface area contributed by atoms with E-state index in [1.165, 1.54) is 7.11 Å². The van der Waals surface area contributed by atoms with Crippen LogP contribution in [0.4, 0.5) is 0 Å². The number of hydrogen-bond donors (Lipinski definition) is 0. The monoisotopic (exact) mass is 254 g/mol. The first-order valence-corrected chi connectivity index (χ1v) is 6.76. The Kier molecular flexibility index (Phi) is 3.90. The highest BCUT2D eigenvalue weighted by Crippen LogP contribution is 2.43. The van der Waals surface area contributed by atoms with Crippen LogP contribution in [0.3, 0.4) is 0 Å². The lowest BCUT2D eigenvalue weighted by molar-refractivity contribution is -0.154. The molecule has 1 saturated heterocycles. The van der Waals surface area contributed by atoms with Crippen molar-refractivity contribution in [2.24, 2.45) is 5.10 Å². The predicted molar refractivity (Wildman–Crippen MR) is 68.2 cm³/mol. The second kappa shape index (κ2) is 5.26. The lowest BCUT2D eigenvalue weighted by Gasteiger charge is -2.32. The normalized spacial score (nSPS) is 33.8. The van der Waals surface area contributed by atoms with Crippen LogP contribution in [0.5, 0.6) is 0 Å². The molecule has 2 heterocycles. The summed E-state index contributed by atoms with van der Waals surface area (Å²) < 4.78 is 11.0. The van der Waals surface area contributed by atoms with Gasteiger partial charge in [0.1, 0.15) is 6.23 Å². The standard InChI is InChI=1S/C13H22N2O3/c1-4-6-10-13(12(16)17-3)8-9-14-15(13)11(18-10)7-5-2/h9-11H,4-8H2,1-3H3/t10-,11-,13+/m1/s1. The predicted octanol–water partition coefficient (Wildman–Crippen LogP) is 1.91. The number of carbonyl (C=O) groups excluding carboxylic acids is 1. The summed E-state index contributed by atoms with van der Waals surface area (Å²) in [7, 11) is 1.43. The van der Waals surface area contributed by atoms with Crippen LogP contribution in [0.15, 0.2) is 5.10 Å². The largest absolute Gasteiger partial charge is 0.467 e. The van der Waals surface area contributed by atoms with E-state index in [2.05, 4.69) is 18.9 Å². The third-order valence-electron chi connectivity index (χ3n) is 3.77. The van der Waals surface area contributed by atoms with Gasteiger partial charge >= 0.3 is 5.97 Å². The summed E-state index contributed by atoms with van der Waals surface area (Å²) in [5.74, 6) is -0.225. The van der Waals surface area contributed by atoms with Gasteiger partial charge < -0.3 is 9.47 Å². The van der Waals surface area contributed by atoms with E-state index in [4.69, 9.17) is 9.47 Å². The van der Waals surface area contributed by atoms with E-state index in [1.807, 2.05) is 11.2 Å². The Morgan fingerprint density at radius 3 is 2.83 bits per heavy atom. The number of carbonyl (C=O) groups is 1. The van der Waals surface area contributed by atoms with E-state index in [9.17, 15) is 4.79 Å². The van der Waals surface area contributed by atoms with Crippen molar-refractivity contribution >= 4 is 12.2 Å². The van der Waals surface area contributed by atoms with E-state index in [1.54, 1.807) is 0 Å². The van der Waals surface area contributed by atoms with Crippen LogP contribution in [-0.4, -0.2) is 42.2 Å². The SMILES string of the molecule is CCC[C@H]1O[C@H](CCC)[C@]2(C(=O)OC)CC=NN12. The van der Waals surface area contributed by atoms with E-state index in [0.29, 0.717) is 6.42 Å². The van der Waals surface area contributed by atoms with E-state index in [0.717, 1.165) is 25.7 Å². The Morgan fingerprint density at radius 2 is 2.22 bits per heavy atom. The van der Waals surface area contributed by atoms with Crippen molar-refractivity contribution in [3.63, 3.8) is 0 Å². The molecule has 3 atom stereocenters. The van der Waals surface area contributed by atoms with Gasteiger partial charge in [0.05, 0.1) is 13.2 Å². The van der Waals surface area contributed by atoms with Crippen molar-refractivity contribution in [1.82, 2.24) is 5.01 Å². The van der Waals surface area contributed by atoms with Crippen molar-refractivity contribution in [2.45, 2.75) is 63.8 Å². The molecule has 0 N–H and O–H groups in total. The molecule has 0 aromatic heterocycles. The Hall–Kier alpha value is -1.10.